The molecule has 0 fully saturated rings. The summed E-state index contributed by atoms with van der Waals surface area (Å²) in [5, 5.41) is 9.71. The van der Waals surface area contributed by atoms with Crippen LogP contribution in [-0.4, -0.2) is 20.7 Å². The Morgan fingerprint density at radius 3 is 2.88 bits per heavy atom. The zero-order chi connectivity index (χ0) is 12.4. The molecular weight excluding hydrogens is 216 g/mol. The first-order valence-corrected chi connectivity index (χ1v) is 5.61. The highest BCUT2D eigenvalue weighted by Gasteiger charge is 2.13. The molecule has 0 aliphatic heterocycles. The number of carbonyl (C=O) groups is 1. The summed E-state index contributed by atoms with van der Waals surface area (Å²) in [7, 11) is 0. The fourth-order valence-corrected chi connectivity index (χ4v) is 1.67. The highest BCUT2D eigenvalue weighted by Crippen LogP contribution is 2.15. The molecule has 0 unspecified atom stereocenters. The van der Waals surface area contributed by atoms with Gasteiger partial charge in [0.2, 0.25) is 0 Å². The molecule has 0 atom stereocenters. The maximum absolute atomic E-state index is 12.0. The van der Waals surface area contributed by atoms with Gasteiger partial charge >= 0.3 is 0 Å². The lowest BCUT2D eigenvalue weighted by molar-refractivity contribution is 0.101. The van der Waals surface area contributed by atoms with Gasteiger partial charge in [0, 0.05) is 24.0 Å². The molecule has 0 bridgehead atoms. The molecule has 2 aromatic rings. The largest absolute Gasteiger partial charge is 0.344 e. The van der Waals surface area contributed by atoms with Gasteiger partial charge in [0.05, 0.1) is 0 Å². The van der Waals surface area contributed by atoms with Gasteiger partial charge in [-0.15, -0.1) is 0 Å². The second-order valence-electron chi connectivity index (χ2n) is 3.96. The summed E-state index contributed by atoms with van der Waals surface area (Å²) in [5.41, 5.74) is 2.58. The average Bonchev–Trinajstić information content (AvgIpc) is 2.90. The van der Waals surface area contributed by atoms with E-state index in [4.69, 9.17) is 0 Å². The minimum atomic E-state index is -0.133. The SMILES string of the molecule is CCn1cccc1C(=O)Nc1n[nH]c(C)c1C. The van der Waals surface area contributed by atoms with E-state index in [-0.39, 0.29) is 5.91 Å². The van der Waals surface area contributed by atoms with Crippen LogP contribution in [0.1, 0.15) is 28.7 Å². The summed E-state index contributed by atoms with van der Waals surface area (Å²) in [5.74, 6) is 0.461. The van der Waals surface area contributed by atoms with Crippen LogP contribution in [0.25, 0.3) is 0 Å². The van der Waals surface area contributed by atoms with Crippen molar-refractivity contribution in [2.75, 3.05) is 5.32 Å². The Kier molecular flexibility index (Phi) is 2.99. The summed E-state index contributed by atoms with van der Waals surface area (Å²) in [6.45, 7) is 6.62. The van der Waals surface area contributed by atoms with Crippen molar-refractivity contribution in [3.8, 4) is 0 Å². The van der Waals surface area contributed by atoms with Crippen molar-refractivity contribution in [3.63, 3.8) is 0 Å². The third-order valence-corrected chi connectivity index (χ3v) is 2.89. The zero-order valence-corrected chi connectivity index (χ0v) is 10.2. The number of hydrogen-bond donors (Lipinski definition) is 2. The number of nitrogens with one attached hydrogen (secondary N) is 2. The number of amides is 1. The molecule has 17 heavy (non-hydrogen) atoms. The van der Waals surface area contributed by atoms with Crippen LogP contribution in [-0.2, 0) is 6.54 Å². The number of nitrogens with zero attached hydrogens (tertiary/aromatic N) is 2. The lowest BCUT2D eigenvalue weighted by Crippen LogP contribution is -2.17. The summed E-state index contributed by atoms with van der Waals surface area (Å²) in [4.78, 5) is 12.0. The minimum absolute atomic E-state index is 0.133. The van der Waals surface area contributed by atoms with E-state index in [9.17, 15) is 4.79 Å². The molecule has 5 nitrogen and oxygen atoms in total. The van der Waals surface area contributed by atoms with Gasteiger partial charge in [-0.25, -0.2) is 0 Å². The van der Waals surface area contributed by atoms with E-state index >= 15 is 0 Å². The molecule has 0 spiro atoms. The standard InChI is InChI=1S/C12H16N4O/c1-4-16-7-5-6-10(16)12(17)13-11-8(2)9(3)14-15-11/h5-7H,4H2,1-3H3,(H2,13,14,15,17). The molecule has 0 saturated carbocycles. The maximum atomic E-state index is 12.0. The van der Waals surface area contributed by atoms with Crippen molar-refractivity contribution in [2.45, 2.75) is 27.3 Å². The van der Waals surface area contributed by atoms with Crippen LogP contribution in [0.5, 0.6) is 0 Å². The smallest absolute Gasteiger partial charge is 0.273 e. The summed E-state index contributed by atoms with van der Waals surface area (Å²) >= 11 is 0. The van der Waals surface area contributed by atoms with Gasteiger partial charge in [0.25, 0.3) is 5.91 Å². The molecule has 1 amide bonds. The van der Waals surface area contributed by atoms with Crippen LogP contribution >= 0.6 is 0 Å². The van der Waals surface area contributed by atoms with Gasteiger partial charge < -0.3 is 9.88 Å². The predicted octanol–water partition coefficient (Wildman–Crippen LogP) is 2.10. The molecular formula is C12H16N4O. The number of aryl methyl sites for hydroxylation is 2. The first-order chi connectivity index (χ1) is 8.13. The average molecular weight is 232 g/mol. The fraction of sp³-hybridized carbons (Fsp3) is 0.333. The van der Waals surface area contributed by atoms with Crippen molar-refractivity contribution >= 4 is 11.7 Å². The second kappa shape index (κ2) is 4.45. The van der Waals surface area contributed by atoms with Crippen LogP contribution in [0.15, 0.2) is 18.3 Å². The first-order valence-electron chi connectivity index (χ1n) is 5.61. The second-order valence-corrected chi connectivity index (χ2v) is 3.96. The normalized spacial score (nSPS) is 10.5. The number of rotatable bonds is 3. The van der Waals surface area contributed by atoms with E-state index in [2.05, 4.69) is 15.5 Å². The van der Waals surface area contributed by atoms with E-state index in [1.165, 1.54) is 0 Å². The molecule has 0 aliphatic rings. The number of hydrogen-bond acceptors (Lipinski definition) is 2. The Balaban J connectivity index is 2.20. The third-order valence-electron chi connectivity index (χ3n) is 2.89. The van der Waals surface area contributed by atoms with Crippen LogP contribution < -0.4 is 5.32 Å². The summed E-state index contributed by atoms with van der Waals surface area (Å²) < 4.78 is 1.89. The third kappa shape index (κ3) is 2.08. The molecule has 2 aromatic heterocycles. The molecule has 2 rings (SSSR count). The van der Waals surface area contributed by atoms with Gasteiger partial charge in [0.15, 0.2) is 5.82 Å². The van der Waals surface area contributed by atoms with E-state index in [0.717, 1.165) is 17.8 Å². The topological polar surface area (TPSA) is 62.7 Å². The zero-order valence-electron chi connectivity index (χ0n) is 10.2. The van der Waals surface area contributed by atoms with E-state index in [0.29, 0.717) is 11.5 Å². The molecule has 90 valence electrons. The van der Waals surface area contributed by atoms with E-state index < -0.39 is 0 Å². The van der Waals surface area contributed by atoms with Crippen molar-refractivity contribution < 1.29 is 4.79 Å². The first kappa shape index (κ1) is 11.4. The number of aromatic nitrogens is 3. The number of anilines is 1. The lowest BCUT2D eigenvalue weighted by Gasteiger charge is -2.06. The van der Waals surface area contributed by atoms with Crippen molar-refractivity contribution in [1.82, 2.24) is 14.8 Å². The van der Waals surface area contributed by atoms with Gasteiger partial charge in [0.1, 0.15) is 5.69 Å². The summed E-state index contributed by atoms with van der Waals surface area (Å²) in [6, 6.07) is 3.66. The van der Waals surface area contributed by atoms with Gasteiger partial charge in [-0.05, 0) is 32.9 Å². The number of H-pyrrole nitrogens is 1. The van der Waals surface area contributed by atoms with Crippen LogP contribution in [0.3, 0.4) is 0 Å². The number of aromatic amines is 1. The van der Waals surface area contributed by atoms with Crippen LogP contribution in [0, 0.1) is 13.8 Å². The van der Waals surface area contributed by atoms with Gasteiger partial charge in [-0.1, -0.05) is 0 Å². The molecule has 2 N–H and O–H groups in total. The molecule has 2 heterocycles. The molecule has 0 aliphatic carbocycles. The lowest BCUT2D eigenvalue weighted by atomic mass is 10.3. The Hall–Kier alpha value is -2.04. The molecule has 0 radical (unpaired) electrons. The monoisotopic (exact) mass is 232 g/mol. The van der Waals surface area contributed by atoms with Crippen molar-refractivity contribution in [3.05, 3.63) is 35.3 Å². The van der Waals surface area contributed by atoms with Gasteiger partial charge in [-0.3, -0.25) is 9.89 Å². The Morgan fingerprint density at radius 2 is 2.29 bits per heavy atom. The van der Waals surface area contributed by atoms with Gasteiger partial charge in [-0.2, -0.15) is 5.10 Å². The molecule has 0 saturated heterocycles. The Labute approximate surface area is 99.8 Å². The van der Waals surface area contributed by atoms with E-state index in [1.807, 2.05) is 37.6 Å². The van der Waals surface area contributed by atoms with Crippen molar-refractivity contribution in [1.29, 1.82) is 0 Å². The highest BCUT2D eigenvalue weighted by molar-refractivity contribution is 6.03. The van der Waals surface area contributed by atoms with E-state index in [1.54, 1.807) is 6.07 Å². The van der Waals surface area contributed by atoms with Crippen LogP contribution in [0.2, 0.25) is 0 Å². The summed E-state index contributed by atoms with van der Waals surface area (Å²) in [6.07, 6.45) is 1.89. The molecule has 5 heteroatoms. The van der Waals surface area contributed by atoms with Crippen LogP contribution in [0.4, 0.5) is 5.82 Å². The quantitative estimate of drug-likeness (QED) is 0.851. The Bertz CT molecular complexity index is 538. The highest BCUT2D eigenvalue weighted by atomic mass is 16.2. The maximum Gasteiger partial charge on any atom is 0.273 e. The Morgan fingerprint density at radius 1 is 1.53 bits per heavy atom. The van der Waals surface area contributed by atoms with Crippen molar-refractivity contribution in [2.24, 2.45) is 0 Å². The molecule has 0 aromatic carbocycles. The minimum Gasteiger partial charge on any atom is -0.344 e. The predicted molar refractivity (Wildman–Crippen MR) is 66.1 cm³/mol. The fourth-order valence-electron chi connectivity index (χ4n) is 1.67. The number of carbonyl (C=O) groups excluding carboxylic acids is 1.